The first-order chi connectivity index (χ1) is 13.2. The van der Waals surface area contributed by atoms with Crippen LogP contribution in [0.3, 0.4) is 0 Å². The summed E-state index contributed by atoms with van der Waals surface area (Å²) in [5.74, 6) is 1.58. The van der Waals surface area contributed by atoms with Crippen molar-refractivity contribution in [3.8, 4) is 11.5 Å². The summed E-state index contributed by atoms with van der Waals surface area (Å²) in [5.41, 5.74) is 8.84. The maximum absolute atomic E-state index is 6.35. The lowest BCUT2D eigenvalue weighted by atomic mass is 10.00. The molecule has 3 heteroatoms. The standard InChI is InChI=1S/C24H35NO2/c1-3-4-5-6-10-13-22(25)18-21-14-15-23(26-2)24(19-21)27-17-16-20-11-8-7-9-12-20/h7-9,11-12,14-15,19,22H,3-6,10,13,16-18,25H2,1-2H3/t22-/m0/s1. The van der Waals surface area contributed by atoms with Gasteiger partial charge >= 0.3 is 0 Å². The summed E-state index contributed by atoms with van der Waals surface area (Å²) in [5, 5.41) is 0. The molecule has 2 aromatic carbocycles. The van der Waals surface area contributed by atoms with E-state index in [1.54, 1.807) is 7.11 Å². The van der Waals surface area contributed by atoms with Gasteiger partial charge in [-0.2, -0.15) is 0 Å². The van der Waals surface area contributed by atoms with Crippen molar-refractivity contribution in [3.05, 3.63) is 59.7 Å². The van der Waals surface area contributed by atoms with E-state index in [9.17, 15) is 0 Å². The number of rotatable bonds is 13. The molecule has 2 rings (SSSR count). The summed E-state index contributed by atoms with van der Waals surface area (Å²) < 4.78 is 11.5. The van der Waals surface area contributed by atoms with Gasteiger partial charge in [-0.3, -0.25) is 0 Å². The van der Waals surface area contributed by atoms with Gasteiger partial charge in [0.05, 0.1) is 13.7 Å². The largest absolute Gasteiger partial charge is 0.493 e. The summed E-state index contributed by atoms with van der Waals surface area (Å²) in [6.45, 7) is 2.88. The molecule has 27 heavy (non-hydrogen) atoms. The van der Waals surface area contributed by atoms with Crippen molar-refractivity contribution in [2.75, 3.05) is 13.7 Å². The number of benzene rings is 2. The van der Waals surface area contributed by atoms with Crippen LogP contribution in [0.2, 0.25) is 0 Å². The number of methoxy groups -OCH3 is 1. The van der Waals surface area contributed by atoms with Crippen LogP contribution in [0.25, 0.3) is 0 Å². The van der Waals surface area contributed by atoms with Crippen LogP contribution < -0.4 is 15.2 Å². The molecule has 0 amide bonds. The second kappa shape index (κ2) is 12.4. The van der Waals surface area contributed by atoms with E-state index < -0.39 is 0 Å². The van der Waals surface area contributed by atoms with Crippen molar-refractivity contribution in [1.82, 2.24) is 0 Å². The fourth-order valence-corrected chi connectivity index (χ4v) is 3.30. The highest BCUT2D eigenvalue weighted by Crippen LogP contribution is 2.29. The van der Waals surface area contributed by atoms with Gasteiger partial charge in [0.1, 0.15) is 0 Å². The molecule has 0 aliphatic heterocycles. The molecule has 0 aromatic heterocycles. The monoisotopic (exact) mass is 369 g/mol. The van der Waals surface area contributed by atoms with Crippen LogP contribution in [0.1, 0.15) is 56.6 Å². The fourth-order valence-electron chi connectivity index (χ4n) is 3.30. The van der Waals surface area contributed by atoms with E-state index >= 15 is 0 Å². The zero-order chi connectivity index (χ0) is 19.3. The molecule has 148 valence electrons. The zero-order valence-electron chi connectivity index (χ0n) is 17.0. The Balaban J connectivity index is 1.84. The van der Waals surface area contributed by atoms with E-state index in [0.717, 1.165) is 30.8 Å². The van der Waals surface area contributed by atoms with Gasteiger partial charge in [-0.05, 0) is 36.1 Å². The molecule has 2 aromatic rings. The predicted molar refractivity (Wildman–Crippen MR) is 114 cm³/mol. The molecular weight excluding hydrogens is 334 g/mol. The normalized spacial score (nSPS) is 12.0. The third-order valence-electron chi connectivity index (χ3n) is 4.90. The molecule has 2 N–H and O–H groups in total. The lowest BCUT2D eigenvalue weighted by molar-refractivity contribution is 0.297. The van der Waals surface area contributed by atoms with Crippen LogP contribution in [-0.4, -0.2) is 19.8 Å². The van der Waals surface area contributed by atoms with Gasteiger partial charge < -0.3 is 15.2 Å². The van der Waals surface area contributed by atoms with Crippen LogP contribution in [-0.2, 0) is 12.8 Å². The van der Waals surface area contributed by atoms with E-state index in [0.29, 0.717) is 6.61 Å². The first-order valence-corrected chi connectivity index (χ1v) is 10.3. The smallest absolute Gasteiger partial charge is 0.161 e. The Kier molecular flexibility index (Phi) is 9.78. The van der Waals surface area contributed by atoms with Crippen molar-refractivity contribution in [3.63, 3.8) is 0 Å². The molecule has 0 saturated heterocycles. The third-order valence-corrected chi connectivity index (χ3v) is 4.90. The lowest BCUT2D eigenvalue weighted by Gasteiger charge is -2.15. The molecule has 0 radical (unpaired) electrons. The molecule has 0 spiro atoms. The minimum atomic E-state index is 0.206. The zero-order valence-corrected chi connectivity index (χ0v) is 17.0. The van der Waals surface area contributed by atoms with Crippen molar-refractivity contribution in [2.24, 2.45) is 5.73 Å². The fraction of sp³-hybridized carbons (Fsp3) is 0.500. The Bertz CT molecular complexity index is 642. The minimum Gasteiger partial charge on any atom is -0.493 e. The maximum atomic E-state index is 6.35. The third kappa shape index (κ3) is 8.04. The molecule has 1 atom stereocenters. The number of ether oxygens (including phenoxy) is 2. The first-order valence-electron chi connectivity index (χ1n) is 10.3. The Morgan fingerprint density at radius 3 is 2.41 bits per heavy atom. The molecule has 0 saturated carbocycles. The second-order valence-electron chi connectivity index (χ2n) is 7.24. The Morgan fingerprint density at radius 2 is 1.67 bits per heavy atom. The summed E-state index contributed by atoms with van der Waals surface area (Å²) in [6.07, 6.45) is 9.29. The van der Waals surface area contributed by atoms with Crippen LogP contribution in [0.15, 0.2) is 48.5 Å². The second-order valence-corrected chi connectivity index (χ2v) is 7.24. The van der Waals surface area contributed by atoms with Crippen molar-refractivity contribution in [1.29, 1.82) is 0 Å². The number of hydrogen-bond donors (Lipinski definition) is 1. The van der Waals surface area contributed by atoms with Gasteiger partial charge in [-0.25, -0.2) is 0 Å². The lowest BCUT2D eigenvalue weighted by Crippen LogP contribution is -2.22. The van der Waals surface area contributed by atoms with Gasteiger partial charge in [-0.15, -0.1) is 0 Å². The van der Waals surface area contributed by atoms with Gasteiger partial charge in [0.25, 0.3) is 0 Å². The molecule has 3 nitrogen and oxygen atoms in total. The average Bonchev–Trinajstić information content (AvgIpc) is 2.69. The molecular formula is C24H35NO2. The van der Waals surface area contributed by atoms with E-state index in [1.807, 2.05) is 12.1 Å². The van der Waals surface area contributed by atoms with E-state index in [1.165, 1.54) is 43.2 Å². The van der Waals surface area contributed by atoms with Gasteiger partial charge in [0, 0.05) is 12.5 Å². The number of hydrogen-bond acceptors (Lipinski definition) is 3. The van der Waals surface area contributed by atoms with E-state index in [-0.39, 0.29) is 6.04 Å². The van der Waals surface area contributed by atoms with Gasteiger partial charge in [-0.1, -0.05) is 75.4 Å². The van der Waals surface area contributed by atoms with E-state index in [2.05, 4.69) is 43.3 Å². The van der Waals surface area contributed by atoms with Crippen molar-refractivity contribution >= 4 is 0 Å². The van der Waals surface area contributed by atoms with E-state index in [4.69, 9.17) is 15.2 Å². The Hall–Kier alpha value is -2.00. The predicted octanol–water partition coefficient (Wildman–Crippen LogP) is 5.55. The van der Waals surface area contributed by atoms with Crippen molar-refractivity contribution in [2.45, 2.75) is 64.3 Å². The summed E-state index contributed by atoms with van der Waals surface area (Å²) >= 11 is 0. The van der Waals surface area contributed by atoms with Crippen LogP contribution >= 0.6 is 0 Å². The minimum absolute atomic E-state index is 0.206. The molecule has 0 aliphatic carbocycles. The van der Waals surface area contributed by atoms with Crippen LogP contribution in [0, 0.1) is 0 Å². The van der Waals surface area contributed by atoms with Gasteiger partial charge in [0.15, 0.2) is 11.5 Å². The maximum Gasteiger partial charge on any atom is 0.161 e. The Labute approximate surface area is 164 Å². The highest BCUT2D eigenvalue weighted by molar-refractivity contribution is 5.43. The average molecular weight is 370 g/mol. The highest BCUT2D eigenvalue weighted by Gasteiger charge is 2.09. The molecule has 0 unspecified atom stereocenters. The summed E-state index contributed by atoms with van der Waals surface area (Å²) in [4.78, 5) is 0. The van der Waals surface area contributed by atoms with Crippen molar-refractivity contribution < 1.29 is 9.47 Å². The highest BCUT2D eigenvalue weighted by atomic mass is 16.5. The van der Waals surface area contributed by atoms with Crippen LogP contribution in [0.4, 0.5) is 0 Å². The number of unbranched alkanes of at least 4 members (excludes halogenated alkanes) is 4. The molecule has 0 heterocycles. The quantitative estimate of drug-likeness (QED) is 0.471. The summed E-state index contributed by atoms with van der Waals surface area (Å²) in [6, 6.07) is 16.8. The van der Waals surface area contributed by atoms with Crippen LogP contribution in [0.5, 0.6) is 11.5 Å². The molecule has 0 aliphatic rings. The first kappa shape index (κ1) is 21.3. The number of nitrogens with two attached hydrogens (primary N) is 1. The topological polar surface area (TPSA) is 44.5 Å². The Morgan fingerprint density at radius 1 is 0.889 bits per heavy atom. The van der Waals surface area contributed by atoms with Gasteiger partial charge in [0.2, 0.25) is 0 Å². The summed E-state index contributed by atoms with van der Waals surface area (Å²) in [7, 11) is 1.68. The molecule has 0 bridgehead atoms. The SMILES string of the molecule is CCCCCCC[C@H](N)Cc1ccc(OC)c(OCCc2ccccc2)c1. The molecule has 0 fully saturated rings.